The summed E-state index contributed by atoms with van der Waals surface area (Å²) in [6, 6.07) is 25.1. The molecule has 8 heteroatoms. The number of rotatable bonds is 4. The van der Waals surface area contributed by atoms with E-state index in [1.54, 1.807) is 12.1 Å². The quantitative estimate of drug-likeness (QED) is 0.190. The van der Waals surface area contributed by atoms with Gasteiger partial charge in [0.15, 0.2) is 0 Å². The first kappa shape index (κ1) is 23.4. The maximum Gasteiger partial charge on any atom is 0.416 e. The second kappa shape index (κ2) is 8.68. The van der Waals surface area contributed by atoms with Crippen molar-refractivity contribution in [1.29, 1.82) is 0 Å². The van der Waals surface area contributed by atoms with Gasteiger partial charge in [0.2, 0.25) is 0 Å². The molecule has 0 radical (unpaired) electrons. The fourth-order valence-electron chi connectivity index (χ4n) is 4.16. The lowest BCUT2D eigenvalue weighted by molar-refractivity contribution is -0.143. The third-order valence-electron chi connectivity index (χ3n) is 5.73. The van der Waals surface area contributed by atoms with Gasteiger partial charge in [-0.05, 0) is 76.2 Å². The van der Waals surface area contributed by atoms with Gasteiger partial charge in [-0.15, -0.1) is 0 Å². The molecule has 1 aliphatic heterocycles. The Balaban J connectivity index is 1.39. The molecule has 35 heavy (non-hydrogen) atoms. The van der Waals surface area contributed by atoms with Crippen LogP contribution in [-0.2, 0) is 19.0 Å². The van der Waals surface area contributed by atoms with Gasteiger partial charge in [0.05, 0.1) is 11.1 Å². The lowest BCUT2D eigenvalue weighted by Gasteiger charge is -2.19. The standard InChI is InChI=1S/C27H18F6OS/c28-26(29,30)18-13-17(14-19(15-18)27(31,32)33)16-34-20-9-11-21(12-10-20)35-24-7-3-1-5-22(24)23-6-2-4-8-25(23)35/h1-15,35H,16H2. The highest BCUT2D eigenvalue weighted by Crippen LogP contribution is 2.62. The van der Waals surface area contributed by atoms with Gasteiger partial charge >= 0.3 is 12.4 Å². The lowest BCUT2D eigenvalue weighted by atomic mass is 10.1. The van der Waals surface area contributed by atoms with E-state index in [0.717, 1.165) is 4.90 Å². The van der Waals surface area contributed by atoms with Crippen LogP contribution < -0.4 is 4.74 Å². The second-order valence-corrected chi connectivity index (χ2v) is 10.2. The van der Waals surface area contributed by atoms with Gasteiger partial charge in [0, 0.05) is 9.79 Å². The summed E-state index contributed by atoms with van der Waals surface area (Å²) in [6.07, 6.45) is -9.79. The number of ether oxygens (including phenoxy) is 1. The minimum Gasteiger partial charge on any atom is -0.489 e. The molecule has 0 aromatic heterocycles. The normalized spacial score (nSPS) is 13.9. The number of halogens is 6. The van der Waals surface area contributed by atoms with Crippen molar-refractivity contribution >= 4 is 10.9 Å². The molecule has 0 spiro atoms. The molecular formula is C27H18F6OS. The van der Waals surface area contributed by atoms with E-state index in [4.69, 9.17) is 4.74 Å². The molecule has 0 saturated carbocycles. The van der Waals surface area contributed by atoms with Gasteiger partial charge in [0.25, 0.3) is 0 Å². The molecule has 0 atom stereocenters. The first-order valence-corrected chi connectivity index (χ1v) is 12.0. The van der Waals surface area contributed by atoms with E-state index in [0.29, 0.717) is 17.9 Å². The molecule has 4 aromatic rings. The molecule has 0 bridgehead atoms. The Morgan fingerprint density at radius 3 is 1.57 bits per heavy atom. The maximum atomic E-state index is 13.1. The number of alkyl halides is 6. The summed E-state index contributed by atoms with van der Waals surface area (Å²) in [5, 5.41) is 0. The van der Waals surface area contributed by atoms with Crippen molar-refractivity contribution in [2.24, 2.45) is 0 Å². The molecular weight excluding hydrogens is 486 g/mol. The van der Waals surface area contributed by atoms with E-state index in [2.05, 4.69) is 24.3 Å². The average molecular weight is 504 g/mol. The average Bonchev–Trinajstić information content (AvgIpc) is 3.16. The predicted molar refractivity (Wildman–Crippen MR) is 123 cm³/mol. The van der Waals surface area contributed by atoms with Gasteiger partial charge in [0.1, 0.15) is 12.4 Å². The van der Waals surface area contributed by atoms with E-state index >= 15 is 0 Å². The summed E-state index contributed by atoms with van der Waals surface area (Å²) in [5.74, 6) is 0.357. The van der Waals surface area contributed by atoms with E-state index in [1.165, 1.54) is 20.9 Å². The zero-order valence-electron chi connectivity index (χ0n) is 18.0. The van der Waals surface area contributed by atoms with Gasteiger partial charge < -0.3 is 4.74 Å². The van der Waals surface area contributed by atoms with Crippen molar-refractivity contribution in [2.75, 3.05) is 0 Å². The van der Waals surface area contributed by atoms with Crippen LogP contribution in [0.1, 0.15) is 16.7 Å². The van der Waals surface area contributed by atoms with Gasteiger partial charge in [-0.25, -0.2) is 0 Å². The zero-order chi connectivity index (χ0) is 24.8. The van der Waals surface area contributed by atoms with E-state index in [-0.39, 0.29) is 11.6 Å². The van der Waals surface area contributed by atoms with Crippen LogP contribution in [0.3, 0.4) is 0 Å². The highest BCUT2D eigenvalue weighted by molar-refractivity contribution is 8.17. The van der Waals surface area contributed by atoms with Crippen molar-refractivity contribution in [3.05, 3.63) is 108 Å². The number of benzene rings is 4. The van der Waals surface area contributed by atoms with Crippen LogP contribution in [0.5, 0.6) is 5.75 Å². The summed E-state index contributed by atoms with van der Waals surface area (Å²) in [6.45, 7) is -0.424. The Hall–Kier alpha value is -3.39. The van der Waals surface area contributed by atoms with Crippen LogP contribution in [0.4, 0.5) is 26.3 Å². The van der Waals surface area contributed by atoms with E-state index in [1.807, 2.05) is 36.4 Å². The number of fused-ring (bicyclic) bond motifs is 3. The lowest BCUT2D eigenvalue weighted by Crippen LogP contribution is -2.12. The van der Waals surface area contributed by atoms with Crippen molar-refractivity contribution in [2.45, 2.75) is 33.6 Å². The first-order chi connectivity index (χ1) is 16.6. The van der Waals surface area contributed by atoms with Crippen LogP contribution >= 0.6 is 10.9 Å². The van der Waals surface area contributed by atoms with Crippen molar-refractivity contribution in [3.8, 4) is 16.9 Å². The van der Waals surface area contributed by atoms with E-state index < -0.39 is 41.0 Å². The fourth-order valence-corrected chi connectivity index (χ4v) is 6.77. The molecule has 0 fully saturated rings. The summed E-state index contributed by atoms with van der Waals surface area (Å²) in [5.41, 5.74) is -0.538. The first-order valence-electron chi connectivity index (χ1n) is 10.6. The Morgan fingerprint density at radius 1 is 0.600 bits per heavy atom. The summed E-state index contributed by atoms with van der Waals surface area (Å²) >= 11 is 0. The minimum absolute atomic E-state index is 0.109. The minimum atomic E-state index is -4.90. The van der Waals surface area contributed by atoms with Gasteiger partial charge in [-0.2, -0.15) is 37.2 Å². The SMILES string of the molecule is FC(F)(F)c1cc(COc2ccc([SH]3c4ccccc4-c4ccccc43)cc2)cc(C(F)(F)F)c1. The Labute approximate surface area is 200 Å². The molecule has 4 aromatic carbocycles. The molecule has 0 aliphatic carbocycles. The van der Waals surface area contributed by atoms with Crippen molar-refractivity contribution in [3.63, 3.8) is 0 Å². The smallest absolute Gasteiger partial charge is 0.416 e. The van der Waals surface area contributed by atoms with Gasteiger partial charge in [-0.1, -0.05) is 36.4 Å². The molecule has 0 saturated heterocycles. The monoisotopic (exact) mass is 504 g/mol. The van der Waals surface area contributed by atoms with Crippen LogP contribution in [-0.4, -0.2) is 0 Å². The van der Waals surface area contributed by atoms with Crippen LogP contribution in [0.25, 0.3) is 11.1 Å². The molecule has 0 N–H and O–H groups in total. The second-order valence-electron chi connectivity index (χ2n) is 8.07. The highest BCUT2D eigenvalue weighted by Gasteiger charge is 2.37. The number of thiol groups is 1. The molecule has 0 unspecified atom stereocenters. The van der Waals surface area contributed by atoms with Crippen LogP contribution in [0, 0.1) is 0 Å². The third-order valence-corrected chi connectivity index (χ3v) is 8.29. The summed E-state index contributed by atoms with van der Waals surface area (Å²) in [4.78, 5) is 3.55. The number of hydrogen-bond donors (Lipinski definition) is 1. The summed E-state index contributed by atoms with van der Waals surface area (Å²) < 4.78 is 84.1. The third kappa shape index (κ3) is 4.62. The van der Waals surface area contributed by atoms with Crippen LogP contribution in [0.2, 0.25) is 0 Å². The van der Waals surface area contributed by atoms with Gasteiger partial charge in [-0.3, -0.25) is 0 Å². The Bertz CT molecular complexity index is 1300. The molecule has 5 rings (SSSR count). The predicted octanol–water partition coefficient (Wildman–Crippen LogP) is 8.76. The highest BCUT2D eigenvalue weighted by atomic mass is 32.2. The zero-order valence-corrected chi connectivity index (χ0v) is 18.9. The Morgan fingerprint density at radius 2 is 1.09 bits per heavy atom. The fraction of sp³-hybridized carbons (Fsp3) is 0.111. The molecule has 1 aliphatic rings. The Kier molecular flexibility index (Phi) is 5.79. The molecule has 1 nitrogen and oxygen atoms in total. The maximum absolute atomic E-state index is 13.1. The van der Waals surface area contributed by atoms with Crippen molar-refractivity contribution < 1.29 is 31.1 Å². The summed E-state index contributed by atoms with van der Waals surface area (Å²) in [7, 11) is -0.778. The molecule has 180 valence electrons. The molecule has 1 heterocycles. The largest absolute Gasteiger partial charge is 0.489 e. The van der Waals surface area contributed by atoms with Crippen molar-refractivity contribution in [1.82, 2.24) is 0 Å². The van der Waals surface area contributed by atoms with Crippen LogP contribution in [0.15, 0.2) is 106 Å². The molecule has 0 amide bonds. The number of hydrogen-bond acceptors (Lipinski definition) is 1. The topological polar surface area (TPSA) is 9.23 Å². The van der Waals surface area contributed by atoms with E-state index in [9.17, 15) is 26.3 Å².